The molecule has 0 spiro atoms. The smallest absolute Gasteiger partial charge is 0.407 e. The lowest BCUT2D eigenvalue weighted by Crippen LogP contribution is -2.43. The molecule has 0 saturated heterocycles. The second-order valence-corrected chi connectivity index (χ2v) is 11.1. The first kappa shape index (κ1) is 34.3. The molecule has 0 saturated carbocycles. The maximum absolute atomic E-state index is 14.1. The molecule has 0 aliphatic carbocycles. The summed E-state index contributed by atoms with van der Waals surface area (Å²) < 4.78 is 38.1. The molecule has 0 radical (unpaired) electrons. The molecule has 8 nitrogen and oxygen atoms in total. The van der Waals surface area contributed by atoms with E-state index in [4.69, 9.17) is 9.47 Å². The minimum absolute atomic E-state index is 0.0697. The summed E-state index contributed by atoms with van der Waals surface area (Å²) in [4.78, 5) is 40.4. The third-order valence-corrected chi connectivity index (χ3v) is 7.55. The van der Waals surface area contributed by atoms with Gasteiger partial charge in [-0.3, -0.25) is 4.79 Å². The summed E-state index contributed by atoms with van der Waals surface area (Å²) in [5.74, 6) is -1.18. The van der Waals surface area contributed by atoms with Crippen LogP contribution in [-0.4, -0.2) is 49.2 Å². The molecule has 3 amide bonds. The summed E-state index contributed by atoms with van der Waals surface area (Å²) in [5, 5.41) is 5.35. The Kier molecular flexibility index (Phi) is 12.1. The lowest BCUT2D eigenvalue weighted by Gasteiger charge is -2.24. The summed E-state index contributed by atoms with van der Waals surface area (Å²) in [7, 11) is 0. The highest BCUT2D eigenvalue weighted by molar-refractivity contribution is 5.97. The number of alkyl carbamates (subject to hydrolysis) is 2. The van der Waals surface area contributed by atoms with E-state index in [-0.39, 0.29) is 45.3 Å². The van der Waals surface area contributed by atoms with Crippen molar-refractivity contribution in [3.05, 3.63) is 156 Å². The van der Waals surface area contributed by atoms with Crippen molar-refractivity contribution in [1.29, 1.82) is 0 Å². The van der Waals surface area contributed by atoms with E-state index in [2.05, 4.69) is 10.6 Å². The Balaban J connectivity index is 1.32. The van der Waals surface area contributed by atoms with Crippen LogP contribution in [-0.2, 0) is 22.7 Å². The molecular formula is C39H35F2N3O5. The van der Waals surface area contributed by atoms with Crippen LogP contribution in [0, 0.1) is 11.6 Å². The number of ether oxygens (including phenoxy) is 2. The standard InChI is InChI=1S/C39H35F2N3O5/c40-35-15-11-30(12-16-35)32-23-33(31-13-17-36(41)18-14-31)25-34(24-32)37(45)44(21-19-42-38(46)48-26-28-7-3-1-4-8-28)22-20-43-39(47)49-27-29-9-5-2-6-10-29/h1-18,23-25H,19-22,26-27H2,(H,42,46)(H,43,47). The van der Waals surface area contributed by atoms with Crippen LogP contribution in [0.25, 0.3) is 22.3 Å². The van der Waals surface area contributed by atoms with Crippen LogP contribution in [0.3, 0.4) is 0 Å². The summed E-state index contributed by atoms with van der Waals surface area (Å²) in [5.41, 5.74) is 4.62. The Morgan fingerprint density at radius 3 is 1.35 bits per heavy atom. The molecule has 0 bridgehead atoms. The quantitative estimate of drug-likeness (QED) is 0.135. The first-order valence-electron chi connectivity index (χ1n) is 15.7. The van der Waals surface area contributed by atoms with Crippen LogP contribution in [0.1, 0.15) is 21.5 Å². The number of benzene rings is 5. The van der Waals surface area contributed by atoms with Crippen LogP contribution in [0.4, 0.5) is 18.4 Å². The fourth-order valence-corrected chi connectivity index (χ4v) is 5.00. The second-order valence-electron chi connectivity index (χ2n) is 11.1. The van der Waals surface area contributed by atoms with E-state index in [1.807, 2.05) is 66.7 Å². The number of hydrogen-bond donors (Lipinski definition) is 2. The number of nitrogens with one attached hydrogen (secondary N) is 2. The summed E-state index contributed by atoms with van der Waals surface area (Å²) in [6.45, 7) is 0.499. The predicted molar refractivity (Wildman–Crippen MR) is 182 cm³/mol. The zero-order chi connectivity index (χ0) is 34.4. The average Bonchev–Trinajstić information content (AvgIpc) is 3.13. The topological polar surface area (TPSA) is 97.0 Å². The number of hydrogen-bond acceptors (Lipinski definition) is 5. The average molecular weight is 664 g/mol. The number of amides is 3. The zero-order valence-electron chi connectivity index (χ0n) is 26.6. The van der Waals surface area contributed by atoms with Crippen LogP contribution >= 0.6 is 0 Å². The summed E-state index contributed by atoms with van der Waals surface area (Å²) in [6, 6.07) is 35.5. The third-order valence-electron chi connectivity index (χ3n) is 7.55. The molecule has 250 valence electrons. The summed E-state index contributed by atoms with van der Waals surface area (Å²) >= 11 is 0. The van der Waals surface area contributed by atoms with E-state index in [1.54, 1.807) is 36.4 Å². The fourth-order valence-electron chi connectivity index (χ4n) is 5.00. The predicted octanol–water partition coefficient (Wildman–Crippen LogP) is 7.59. The molecule has 0 heterocycles. The molecule has 0 aliphatic heterocycles. The van der Waals surface area contributed by atoms with E-state index < -0.39 is 23.8 Å². The van der Waals surface area contributed by atoms with Crippen LogP contribution in [0.5, 0.6) is 0 Å². The molecule has 0 fully saturated rings. The fraction of sp³-hybridized carbons (Fsp3) is 0.154. The van der Waals surface area contributed by atoms with Crippen molar-refractivity contribution in [2.75, 3.05) is 26.2 Å². The number of carbonyl (C=O) groups excluding carboxylic acids is 3. The van der Waals surface area contributed by atoms with E-state index in [1.165, 1.54) is 29.2 Å². The van der Waals surface area contributed by atoms with Crippen molar-refractivity contribution in [3.63, 3.8) is 0 Å². The van der Waals surface area contributed by atoms with Gasteiger partial charge in [-0.15, -0.1) is 0 Å². The monoisotopic (exact) mass is 663 g/mol. The van der Waals surface area contributed by atoms with Crippen molar-refractivity contribution >= 4 is 18.1 Å². The highest BCUT2D eigenvalue weighted by Crippen LogP contribution is 2.29. The van der Waals surface area contributed by atoms with Crippen molar-refractivity contribution in [2.45, 2.75) is 13.2 Å². The zero-order valence-corrected chi connectivity index (χ0v) is 26.6. The number of rotatable bonds is 13. The molecule has 5 aromatic rings. The van der Waals surface area contributed by atoms with Gasteiger partial charge in [0.25, 0.3) is 5.91 Å². The van der Waals surface area contributed by atoms with Gasteiger partial charge in [-0.2, -0.15) is 0 Å². The van der Waals surface area contributed by atoms with Gasteiger partial charge >= 0.3 is 12.2 Å². The van der Waals surface area contributed by atoms with Gasteiger partial charge in [0.05, 0.1) is 0 Å². The van der Waals surface area contributed by atoms with Crippen LogP contribution in [0.2, 0.25) is 0 Å². The number of nitrogens with zero attached hydrogens (tertiary/aromatic N) is 1. The minimum Gasteiger partial charge on any atom is -0.445 e. The lowest BCUT2D eigenvalue weighted by molar-refractivity contribution is 0.0750. The highest BCUT2D eigenvalue weighted by atomic mass is 19.1. The first-order chi connectivity index (χ1) is 23.8. The molecule has 5 aromatic carbocycles. The van der Waals surface area contributed by atoms with E-state index in [0.29, 0.717) is 27.8 Å². The maximum Gasteiger partial charge on any atom is 0.407 e. The highest BCUT2D eigenvalue weighted by Gasteiger charge is 2.19. The maximum atomic E-state index is 14.1. The first-order valence-corrected chi connectivity index (χ1v) is 15.7. The molecule has 10 heteroatoms. The number of carbonyl (C=O) groups is 3. The van der Waals surface area contributed by atoms with Crippen molar-refractivity contribution in [3.8, 4) is 22.3 Å². The van der Waals surface area contributed by atoms with E-state index >= 15 is 0 Å². The molecule has 2 N–H and O–H groups in total. The van der Waals surface area contributed by atoms with Crippen LogP contribution < -0.4 is 10.6 Å². The van der Waals surface area contributed by atoms with Gasteiger partial charge in [0, 0.05) is 31.7 Å². The van der Waals surface area contributed by atoms with Crippen molar-refractivity contribution < 1.29 is 32.6 Å². The Labute approximate surface area is 283 Å². The minimum atomic E-state index is -0.643. The van der Waals surface area contributed by atoms with Gasteiger partial charge in [-0.05, 0) is 75.8 Å². The van der Waals surface area contributed by atoms with Crippen molar-refractivity contribution in [2.24, 2.45) is 0 Å². The van der Waals surface area contributed by atoms with Gasteiger partial charge in [0.15, 0.2) is 0 Å². The molecule has 0 aliphatic rings. The molecule has 0 atom stereocenters. The van der Waals surface area contributed by atoms with Gasteiger partial charge in [-0.25, -0.2) is 18.4 Å². The Morgan fingerprint density at radius 2 is 0.939 bits per heavy atom. The second kappa shape index (κ2) is 17.2. The third kappa shape index (κ3) is 10.5. The van der Waals surface area contributed by atoms with Crippen molar-refractivity contribution in [1.82, 2.24) is 15.5 Å². The number of halogens is 2. The van der Waals surface area contributed by atoms with Crippen LogP contribution in [0.15, 0.2) is 127 Å². The van der Waals surface area contributed by atoms with E-state index in [0.717, 1.165) is 11.1 Å². The molecular weight excluding hydrogens is 628 g/mol. The molecule has 0 unspecified atom stereocenters. The van der Waals surface area contributed by atoms with Gasteiger partial charge < -0.3 is 25.0 Å². The van der Waals surface area contributed by atoms with E-state index in [9.17, 15) is 23.2 Å². The van der Waals surface area contributed by atoms with Gasteiger partial charge in [0.1, 0.15) is 24.8 Å². The Morgan fingerprint density at radius 1 is 0.531 bits per heavy atom. The van der Waals surface area contributed by atoms with Gasteiger partial charge in [-0.1, -0.05) is 84.9 Å². The molecule has 5 rings (SSSR count). The SMILES string of the molecule is O=C(NCCN(CCNC(=O)OCc1ccccc1)C(=O)c1cc(-c2ccc(F)cc2)cc(-c2ccc(F)cc2)c1)OCc1ccccc1. The largest absolute Gasteiger partial charge is 0.445 e. The Bertz CT molecular complexity index is 1710. The Hall–Kier alpha value is -6.03. The normalized spacial score (nSPS) is 10.6. The summed E-state index contributed by atoms with van der Waals surface area (Å²) in [6.07, 6.45) is -1.29. The van der Waals surface area contributed by atoms with Gasteiger partial charge in [0.2, 0.25) is 0 Å². The lowest BCUT2D eigenvalue weighted by atomic mass is 9.95. The molecule has 0 aromatic heterocycles. The molecule has 49 heavy (non-hydrogen) atoms.